The van der Waals surface area contributed by atoms with Crippen molar-refractivity contribution in [3.8, 4) is 16.9 Å². The maximum atomic E-state index is 13.3. The zero-order valence-corrected chi connectivity index (χ0v) is 12.0. The number of hydrogen-bond acceptors (Lipinski definition) is 2. The van der Waals surface area contributed by atoms with Gasteiger partial charge in [-0.1, -0.05) is 0 Å². The van der Waals surface area contributed by atoms with Crippen molar-refractivity contribution in [1.29, 1.82) is 0 Å². The van der Waals surface area contributed by atoms with Crippen LogP contribution in [0.4, 0.5) is 26.3 Å². The molecule has 0 radical (unpaired) electrons. The highest BCUT2D eigenvalue weighted by Crippen LogP contribution is 2.43. The van der Waals surface area contributed by atoms with Crippen molar-refractivity contribution in [1.82, 2.24) is 9.97 Å². The van der Waals surface area contributed by atoms with Gasteiger partial charge in [0, 0.05) is 5.56 Å². The van der Waals surface area contributed by atoms with E-state index in [0.29, 0.717) is 24.3 Å². The summed E-state index contributed by atoms with van der Waals surface area (Å²) in [6.07, 6.45) is -9.72. The number of halogens is 6. The second kappa shape index (κ2) is 5.30. The first-order chi connectivity index (χ1) is 11.5. The Hall–Kier alpha value is -2.91. The molecule has 0 bridgehead atoms. The van der Waals surface area contributed by atoms with Gasteiger partial charge < -0.3 is 15.1 Å². The van der Waals surface area contributed by atoms with Gasteiger partial charge in [0.25, 0.3) is 0 Å². The Bertz CT molecular complexity index is 1010. The Morgan fingerprint density at radius 2 is 1.40 bits per heavy atom. The molecule has 0 aliphatic rings. The van der Waals surface area contributed by atoms with E-state index >= 15 is 0 Å². The molecule has 0 unspecified atom stereocenters. The molecule has 0 fully saturated rings. The molecule has 4 nitrogen and oxygen atoms in total. The Kier molecular flexibility index (Phi) is 3.59. The predicted molar refractivity (Wildman–Crippen MR) is 76.0 cm³/mol. The van der Waals surface area contributed by atoms with E-state index in [1.165, 1.54) is 0 Å². The second-order valence-corrected chi connectivity index (χ2v) is 5.25. The molecule has 2 aromatic carbocycles. The SMILES string of the molecule is O=c1[nH]c2cc(-c3cc(C(F)(F)F)ccc3O)c(C(F)(F)F)cc2[nH]1. The van der Waals surface area contributed by atoms with Crippen LogP contribution in [0, 0.1) is 0 Å². The van der Waals surface area contributed by atoms with Gasteiger partial charge in [0.1, 0.15) is 5.75 Å². The van der Waals surface area contributed by atoms with Crippen molar-refractivity contribution in [3.05, 3.63) is 51.9 Å². The number of aromatic amines is 2. The number of nitrogens with one attached hydrogen (secondary N) is 2. The maximum Gasteiger partial charge on any atom is 0.417 e. The number of aromatic nitrogens is 2. The number of phenolic OH excluding ortho intramolecular Hbond substituents is 1. The largest absolute Gasteiger partial charge is 0.507 e. The molecule has 1 heterocycles. The average Bonchev–Trinajstić information content (AvgIpc) is 2.83. The molecule has 0 aliphatic heterocycles. The number of benzene rings is 2. The quantitative estimate of drug-likeness (QED) is 0.566. The lowest BCUT2D eigenvalue weighted by molar-refractivity contribution is -0.137. The van der Waals surface area contributed by atoms with E-state index in [1.807, 2.05) is 0 Å². The fourth-order valence-corrected chi connectivity index (χ4v) is 2.47. The fourth-order valence-electron chi connectivity index (χ4n) is 2.47. The summed E-state index contributed by atoms with van der Waals surface area (Å²) in [5.74, 6) is -0.754. The summed E-state index contributed by atoms with van der Waals surface area (Å²) < 4.78 is 78.5. The fraction of sp³-hybridized carbons (Fsp3) is 0.133. The highest BCUT2D eigenvalue weighted by Gasteiger charge is 2.36. The number of alkyl halides is 6. The zero-order chi connectivity index (χ0) is 18.6. The number of hydrogen-bond donors (Lipinski definition) is 3. The normalized spacial score (nSPS) is 12.7. The number of aromatic hydroxyl groups is 1. The van der Waals surface area contributed by atoms with E-state index < -0.39 is 46.0 Å². The van der Waals surface area contributed by atoms with Crippen LogP contribution in [0.1, 0.15) is 11.1 Å². The molecule has 0 saturated heterocycles. The Morgan fingerprint density at radius 3 is 1.96 bits per heavy atom. The Balaban J connectivity index is 2.36. The number of rotatable bonds is 1. The van der Waals surface area contributed by atoms with E-state index in [0.717, 1.165) is 6.07 Å². The summed E-state index contributed by atoms with van der Waals surface area (Å²) in [6, 6.07) is 3.12. The van der Waals surface area contributed by atoms with E-state index in [-0.39, 0.29) is 11.0 Å². The molecular weight excluding hydrogens is 354 g/mol. The van der Waals surface area contributed by atoms with Gasteiger partial charge in [0.15, 0.2) is 0 Å². The lowest BCUT2D eigenvalue weighted by Crippen LogP contribution is -2.08. The number of phenols is 1. The summed E-state index contributed by atoms with van der Waals surface area (Å²) in [6.45, 7) is 0. The minimum atomic E-state index is -4.92. The van der Waals surface area contributed by atoms with E-state index in [4.69, 9.17) is 0 Å². The van der Waals surface area contributed by atoms with Crippen molar-refractivity contribution < 1.29 is 31.4 Å². The van der Waals surface area contributed by atoms with Crippen LogP contribution in [0.5, 0.6) is 5.75 Å². The molecule has 3 rings (SSSR count). The first-order valence-corrected chi connectivity index (χ1v) is 6.70. The molecular formula is C15H8F6N2O2. The van der Waals surface area contributed by atoms with E-state index in [2.05, 4.69) is 9.97 Å². The molecule has 0 spiro atoms. The van der Waals surface area contributed by atoms with Crippen LogP contribution in [-0.2, 0) is 12.4 Å². The van der Waals surface area contributed by atoms with Gasteiger partial charge in [-0.05, 0) is 35.9 Å². The predicted octanol–water partition coefficient (Wildman–Crippen LogP) is 4.27. The Morgan fingerprint density at radius 1 is 0.800 bits per heavy atom. The minimum absolute atomic E-state index is 0.0372. The van der Waals surface area contributed by atoms with E-state index in [1.54, 1.807) is 0 Å². The third-order valence-corrected chi connectivity index (χ3v) is 3.57. The summed E-state index contributed by atoms with van der Waals surface area (Å²) in [5, 5.41) is 9.81. The standard InChI is InChI=1S/C15H8F6N2O2/c16-14(17,18)6-1-2-12(24)8(3-6)7-4-10-11(23-13(25)22-10)5-9(7)15(19,20)21/h1-5,24H,(H2,22,23,25). The molecule has 132 valence electrons. The third-order valence-electron chi connectivity index (χ3n) is 3.57. The summed E-state index contributed by atoms with van der Waals surface area (Å²) in [7, 11) is 0. The topological polar surface area (TPSA) is 68.9 Å². The van der Waals surface area contributed by atoms with Gasteiger partial charge in [0.2, 0.25) is 0 Å². The lowest BCUT2D eigenvalue weighted by atomic mass is 9.96. The van der Waals surface area contributed by atoms with Crippen molar-refractivity contribution in [3.63, 3.8) is 0 Å². The van der Waals surface area contributed by atoms with Crippen LogP contribution in [0.2, 0.25) is 0 Å². The van der Waals surface area contributed by atoms with Crippen LogP contribution >= 0.6 is 0 Å². The van der Waals surface area contributed by atoms with Crippen molar-refractivity contribution >= 4 is 11.0 Å². The zero-order valence-electron chi connectivity index (χ0n) is 12.0. The van der Waals surface area contributed by atoms with Crippen LogP contribution in [0.15, 0.2) is 35.1 Å². The van der Waals surface area contributed by atoms with Gasteiger partial charge in [-0.3, -0.25) is 0 Å². The van der Waals surface area contributed by atoms with Gasteiger partial charge in [0.05, 0.1) is 22.2 Å². The smallest absolute Gasteiger partial charge is 0.417 e. The molecule has 10 heteroatoms. The van der Waals surface area contributed by atoms with Crippen LogP contribution in [0.25, 0.3) is 22.2 Å². The second-order valence-electron chi connectivity index (χ2n) is 5.25. The van der Waals surface area contributed by atoms with Gasteiger partial charge in [-0.2, -0.15) is 26.3 Å². The first kappa shape index (κ1) is 16.9. The van der Waals surface area contributed by atoms with Gasteiger partial charge in [-0.15, -0.1) is 0 Å². The minimum Gasteiger partial charge on any atom is -0.507 e. The lowest BCUT2D eigenvalue weighted by Gasteiger charge is -2.16. The molecule has 3 N–H and O–H groups in total. The summed E-state index contributed by atoms with van der Waals surface area (Å²) in [5.41, 5.74) is -4.79. The highest BCUT2D eigenvalue weighted by molar-refractivity contribution is 5.86. The average molecular weight is 362 g/mol. The molecule has 1 aromatic heterocycles. The molecule has 25 heavy (non-hydrogen) atoms. The number of H-pyrrole nitrogens is 2. The Labute approximate surface area is 134 Å². The van der Waals surface area contributed by atoms with Gasteiger partial charge in [-0.25, -0.2) is 4.79 Å². The molecule has 0 aliphatic carbocycles. The van der Waals surface area contributed by atoms with Crippen LogP contribution in [-0.4, -0.2) is 15.1 Å². The van der Waals surface area contributed by atoms with Crippen LogP contribution in [0.3, 0.4) is 0 Å². The molecule has 0 saturated carbocycles. The summed E-state index contributed by atoms with van der Waals surface area (Å²) in [4.78, 5) is 15.6. The first-order valence-electron chi connectivity index (χ1n) is 6.70. The van der Waals surface area contributed by atoms with Crippen LogP contribution < -0.4 is 5.69 Å². The van der Waals surface area contributed by atoms with Gasteiger partial charge >= 0.3 is 18.0 Å². The van der Waals surface area contributed by atoms with E-state index in [9.17, 15) is 36.2 Å². The summed E-state index contributed by atoms with van der Waals surface area (Å²) >= 11 is 0. The number of imidazole rings is 1. The molecule has 3 aromatic rings. The third kappa shape index (κ3) is 3.06. The van der Waals surface area contributed by atoms with Crippen molar-refractivity contribution in [2.75, 3.05) is 0 Å². The molecule has 0 amide bonds. The number of fused-ring (bicyclic) bond motifs is 1. The van der Waals surface area contributed by atoms with Crippen molar-refractivity contribution in [2.24, 2.45) is 0 Å². The van der Waals surface area contributed by atoms with Crippen molar-refractivity contribution in [2.45, 2.75) is 12.4 Å². The maximum absolute atomic E-state index is 13.3. The highest BCUT2D eigenvalue weighted by atomic mass is 19.4. The molecule has 0 atom stereocenters. The monoisotopic (exact) mass is 362 g/mol.